The Bertz CT molecular complexity index is 1040. The van der Waals surface area contributed by atoms with Gasteiger partial charge in [0.1, 0.15) is 11.6 Å². The molecule has 162 valence electrons. The second-order valence-electron chi connectivity index (χ2n) is 8.95. The van der Waals surface area contributed by atoms with Gasteiger partial charge in [-0.2, -0.15) is 0 Å². The lowest BCUT2D eigenvalue weighted by Gasteiger charge is -2.47. The van der Waals surface area contributed by atoms with Crippen molar-refractivity contribution in [1.82, 2.24) is 4.90 Å². The van der Waals surface area contributed by atoms with E-state index in [0.717, 1.165) is 36.8 Å². The van der Waals surface area contributed by atoms with Crippen LogP contribution in [0, 0.1) is 17.6 Å². The maximum atomic E-state index is 13.8. The van der Waals surface area contributed by atoms with Gasteiger partial charge in [-0.1, -0.05) is 48.0 Å². The Hall–Kier alpha value is -2.27. The van der Waals surface area contributed by atoms with Crippen molar-refractivity contribution in [2.75, 3.05) is 13.1 Å². The third-order valence-corrected chi connectivity index (χ3v) is 6.28. The molecule has 1 fully saturated rings. The lowest BCUT2D eigenvalue weighted by Crippen LogP contribution is -2.52. The number of hydrogen-bond acceptors (Lipinski definition) is 2. The van der Waals surface area contributed by atoms with E-state index < -0.39 is 17.2 Å². The first-order valence-electron chi connectivity index (χ1n) is 10.5. The number of hydrogen-bond donors (Lipinski definition) is 1. The molecule has 31 heavy (non-hydrogen) atoms. The molecule has 4 rings (SSSR count). The molecule has 3 aromatic carbocycles. The lowest BCUT2D eigenvalue weighted by atomic mass is 9.72. The summed E-state index contributed by atoms with van der Waals surface area (Å²) in [7, 11) is 0. The van der Waals surface area contributed by atoms with E-state index in [1.165, 1.54) is 17.7 Å². The van der Waals surface area contributed by atoms with Crippen molar-refractivity contribution in [1.29, 1.82) is 0 Å². The third kappa shape index (κ3) is 4.98. The van der Waals surface area contributed by atoms with Crippen molar-refractivity contribution in [3.63, 3.8) is 0 Å². The van der Waals surface area contributed by atoms with E-state index in [-0.39, 0.29) is 11.8 Å². The van der Waals surface area contributed by atoms with Crippen LogP contribution in [0.4, 0.5) is 8.78 Å². The van der Waals surface area contributed by atoms with Crippen molar-refractivity contribution < 1.29 is 13.9 Å². The first-order chi connectivity index (χ1) is 14.7. The molecule has 0 aliphatic carbocycles. The van der Waals surface area contributed by atoms with Crippen LogP contribution in [0.25, 0.3) is 11.1 Å². The SMILES string of the molecule is CC(C)(O)C(c1cc(F)cc(F)c1)C1CN(Cc2ccccc2-c2ccc(Cl)cc2)C1. The Morgan fingerprint density at radius 3 is 2.23 bits per heavy atom. The largest absolute Gasteiger partial charge is 0.390 e. The third-order valence-electron chi connectivity index (χ3n) is 6.03. The number of halogens is 3. The number of benzene rings is 3. The first kappa shape index (κ1) is 21.9. The Balaban J connectivity index is 1.50. The minimum atomic E-state index is -1.09. The normalized spacial score (nSPS) is 16.2. The molecule has 1 saturated heterocycles. The first-order valence-corrected chi connectivity index (χ1v) is 10.8. The Morgan fingerprint density at radius 2 is 1.61 bits per heavy atom. The van der Waals surface area contributed by atoms with Crippen molar-refractivity contribution in [3.05, 3.63) is 94.5 Å². The molecule has 1 atom stereocenters. The monoisotopic (exact) mass is 441 g/mol. The molecule has 0 amide bonds. The summed E-state index contributed by atoms with van der Waals surface area (Å²) in [6.45, 7) is 5.69. The summed E-state index contributed by atoms with van der Waals surface area (Å²) in [5.41, 5.74) is 2.91. The molecule has 1 N–H and O–H groups in total. The summed E-state index contributed by atoms with van der Waals surface area (Å²) in [6, 6.07) is 19.6. The molecular formula is C26H26ClF2NO. The highest BCUT2D eigenvalue weighted by Gasteiger charge is 2.42. The van der Waals surface area contributed by atoms with Gasteiger partial charge in [-0.05, 0) is 66.3 Å². The standard InChI is InChI=1S/C26H26ClF2NO/c1-26(2,31)25(19-11-22(28)13-23(29)12-19)20-15-30(16-20)14-18-5-3-4-6-24(18)17-7-9-21(27)10-8-17/h3-13,20,25,31H,14-16H2,1-2H3. The fourth-order valence-electron chi connectivity index (χ4n) is 4.77. The van der Waals surface area contributed by atoms with Gasteiger partial charge < -0.3 is 5.11 Å². The molecule has 2 nitrogen and oxygen atoms in total. The minimum absolute atomic E-state index is 0.115. The van der Waals surface area contributed by atoms with Gasteiger partial charge in [0.25, 0.3) is 0 Å². The summed E-state index contributed by atoms with van der Waals surface area (Å²) in [4.78, 5) is 2.30. The van der Waals surface area contributed by atoms with E-state index >= 15 is 0 Å². The van der Waals surface area contributed by atoms with Crippen LogP contribution in [0.5, 0.6) is 0 Å². The molecule has 1 heterocycles. The molecule has 0 spiro atoms. The average molecular weight is 442 g/mol. The smallest absolute Gasteiger partial charge is 0.126 e. The predicted octanol–water partition coefficient (Wildman–Crippen LogP) is 6.27. The number of nitrogens with zero attached hydrogens (tertiary/aromatic N) is 1. The Labute approximate surface area is 187 Å². The van der Waals surface area contributed by atoms with Crippen LogP contribution in [0.2, 0.25) is 5.02 Å². The zero-order valence-electron chi connectivity index (χ0n) is 17.7. The lowest BCUT2D eigenvalue weighted by molar-refractivity contribution is -0.0238. The molecule has 3 aromatic rings. The number of rotatable bonds is 6. The molecule has 0 saturated carbocycles. The zero-order valence-corrected chi connectivity index (χ0v) is 18.4. The molecule has 1 unspecified atom stereocenters. The van der Waals surface area contributed by atoms with Crippen LogP contribution in [0.1, 0.15) is 30.9 Å². The van der Waals surface area contributed by atoms with Crippen LogP contribution in [-0.2, 0) is 6.54 Å². The molecular weight excluding hydrogens is 416 g/mol. The maximum absolute atomic E-state index is 13.8. The van der Waals surface area contributed by atoms with Crippen molar-refractivity contribution in [2.24, 2.45) is 5.92 Å². The topological polar surface area (TPSA) is 23.5 Å². The maximum Gasteiger partial charge on any atom is 0.126 e. The molecule has 1 aliphatic heterocycles. The van der Waals surface area contributed by atoms with Crippen LogP contribution in [0.15, 0.2) is 66.7 Å². The Kier molecular flexibility index (Phi) is 6.16. The van der Waals surface area contributed by atoms with Gasteiger partial charge in [-0.3, -0.25) is 4.90 Å². The van der Waals surface area contributed by atoms with Crippen molar-refractivity contribution >= 4 is 11.6 Å². The van der Waals surface area contributed by atoms with Crippen molar-refractivity contribution in [3.8, 4) is 11.1 Å². The van der Waals surface area contributed by atoms with Crippen LogP contribution in [0.3, 0.4) is 0 Å². The minimum Gasteiger partial charge on any atom is -0.390 e. The Morgan fingerprint density at radius 1 is 1.00 bits per heavy atom. The second-order valence-corrected chi connectivity index (χ2v) is 9.39. The van der Waals surface area contributed by atoms with Gasteiger partial charge in [-0.15, -0.1) is 0 Å². The van der Waals surface area contributed by atoms with E-state index in [1.54, 1.807) is 13.8 Å². The van der Waals surface area contributed by atoms with Crippen LogP contribution >= 0.6 is 11.6 Å². The summed E-state index contributed by atoms with van der Waals surface area (Å²) in [5, 5.41) is 11.5. The van der Waals surface area contributed by atoms with Crippen LogP contribution < -0.4 is 0 Å². The van der Waals surface area contributed by atoms with E-state index in [4.69, 9.17) is 11.6 Å². The van der Waals surface area contributed by atoms with Crippen molar-refractivity contribution in [2.45, 2.75) is 31.9 Å². The number of likely N-dealkylation sites (tertiary alicyclic amines) is 1. The van der Waals surface area contributed by atoms with E-state index in [1.807, 2.05) is 36.4 Å². The average Bonchev–Trinajstić information content (AvgIpc) is 2.65. The highest BCUT2D eigenvalue weighted by molar-refractivity contribution is 6.30. The molecule has 0 radical (unpaired) electrons. The fourth-order valence-corrected chi connectivity index (χ4v) is 4.90. The molecule has 0 bridgehead atoms. The summed E-state index contributed by atoms with van der Waals surface area (Å²) in [5.74, 6) is -1.46. The van der Waals surface area contributed by atoms with E-state index in [2.05, 4.69) is 17.0 Å². The highest BCUT2D eigenvalue weighted by atomic mass is 35.5. The van der Waals surface area contributed by atoms with Gasteiger partial charge >= 0.3 is 0 Å². The van der Waals surface area contributed by atoms with Gasteiger partial charge in [-0.25, -0.2) is 8.78 Å². The molecule has 1 aliphatic rings. The summed E-state index contributed by atoms with van der Waals surface area (Å²) in [6.07, 6.45) is 0. The predicted molar refractivity (Wildman–Crippen MR) is 121 cm³/mol. The van der Waals surface area contributed by atoms with Crippen LogP contribution in [-0.4, -0.2) is 28.7 Å². The highest BCUT2D eigenvalue weighted by Crippen LogP contribution is 2.41. The molecule has 5 heteroatoms. The zero-order chi connectivity index (χ0) is 22.2. The number of aliphatic hydroxyl groups is 1. The van der Waals surface area contributed by atoms with E-state index in [0.29, 0.717) is 10.6 Å². The fraction of sp³-hybridized carbons (Fsp3) is 0.308. The van der Waals surface area contributed by atoms with Gasteiger partial charge in [0.05, 0.1) is 5.60 Å². The van der Waals surface area contributed by atoms with Gasteiger partial charge in [0.2, 0.25) is 0 Å². The second kappa shape index (κ2) is 8.70. The quantitative estimate of drug-likeness (QED) is 0.487. The molecule has 0 aromatic heterocycles. The van der Waals surface area contributed by atoms with E-state index in [9.17, 15) is 13.9 Å². The van der Waals surface area contributed by atoms with Gasteiger partial charge in [0.15, 0.2) is 0 Å². The van der Waals surface area contributed by atoms with Gasteiger partial charge in [0, 0.05) is 36.6 Å². The summed E-state index contributed by atoms with van der Waals surface area (Å²) < 4.78 is 27.6. The summed E-state index contributed by atoms with van der Waals surface area (Å²) >= 11 is 6.03.